The Balaban J connectivity index is 1.49. The summed E-state index contributed by atoms with van der Waals surface area (Å²) in [6, 6.07) is 20.1. The molecular formula is C27H27ClFN3O2. The van der Waals surface area contributed by atoms with Crippen molar-refractivity contribution in [1.29, 1.82) is 0 Å². The smallest absolute Gasteiger partial charge is 0.255 e. The maximum atomic E-state index is 13.8. The zero-order valence-corrected chi connectivity index (χ0v) is 19.5. The highest BCUT2D eigenvalue weighted by Gasteiger charge is 2.28. The number of carbonyl (C=O) groups is 2. The van der Waals surface area contributed by atoms with Crippen molar-refractivity contribution in [3.8, 4) is 0 Å². The molecule has 1 aliphatic carbocycles. The van der Waals surface area contributed by atoms with Crippen LogP contribution in [0.3, 0.4) is 0 Å². The van der Waals surface area contributed by atoms with Gasteiger partial charge in [0.05, 0.1) is 0 Å². The largest absolute Gasteiger partial charge is 0.331 e. The van der Waals surface area contributed by atoms with Crippen LogP contribution in [0.25, 0.3) is 0 Å². The molecule has 7 heteroatoms. The van der Waals surface area contributed by atoms with E-state index in [9.17, 15) is 14.0 Å². The standard InChI is InChI=1S/C27H27ClFN3O2/c28-21-5-1-3-19(15-21)26(33)31-24-11-7-18(8-12-24)17-32(25-13-9-23(30)10-14-25)27(34)20-4-2-6-22(29)16-20/h1-8,11-12,15-16,23,25H,9-10,13-14,17,30H2,(H,31,33). The molecule has 0 radical (unpaired) electrons. The lowest BCUT2D eigenvalue weighted by Gasteiger charge is -2.36. The fourth-order valence-corrected chi connectivity index (χ4v) is 4.48. The number of hydrogen-bond acceptors (Lipinski definition) is 3. The number of carbonyl (C=O) groups excluding carboxylic acids is 2. The van der Waals surface area contributed by atoms with Gasteiger partial charge < -0.3 is 16.0 Å². The molecule has 0 unspecified atom stereocenters. The van der Waals surface area contributed by atoms with Crippen molar-refractivity contribution in [3.63, 3.8) is 0 Å². The molecule has 5 nitrogen and oxygen atoms in total. The van der Waals surface area contributed by atoms with Crippen molar-refractivity contribution < 1.29 is 14.0 Å². The van der Waals surface area contributed by atoms with Crippen LogP contribution in [0, 0.1) is 5.82 Å². The Labute approximate surface area is 203 Å². The van der Waals surface area contributed by atoms with Crippen molar-refractivity contribution in [3.05, 3.63) is 100 Å². The predicted molar refractivity (Wildman–Crippen MR) is 132 cm³/mol. The molecule has 1 fully saturated rings. The van der Waals surface area contributed by atoms with E-state index in [0.717, 1.165) is 31.2 Å². The highest BCUT2D eigenvalue weighted by atomic mass is 35.5. The van der Waals surface area contributed by atoms with Crippen molar-refractivity contribution in [2.75, 3.05) is 5.32 Å². The van der Waals surface area contributed by atoms with Crippen LogP contribution in [-0.2, 0) is 6.54 Å². The van der Waals surface area contributed by atoms with Crippen LogP contribution in [0.1, 0.15) is 52.0 Å². The summed E-state index contributed by atoms with van der Waals surface area (Å²) in [5.41, 5.74) is 8.43. The first kappa shape index (κ1) is 23.9. The van der Waals surface area contributed by atoms with E-state index in [4.69, 9.17) is 17.3 Å². The number of hydrogen-bond donors (Lipinski definition) is 2. The summed E-state index contributed by atoms with van der Waals surface area (Å²) in [5, 5.41) is 3.35. The number of anilines is 1. The number of nitrogens with two attached hydrogens (primary N) is 1. The summed E-state index contributed by atoms with van der Waals surface area (Å²) in [4.78, 5) is 27.6. The van der Waals surface area contributed by atoms with Crippen molar-refractivity contribution >= 4 is 29.1 Å². The molecule has 0 heterocycles. The highest BCUT2D eigenvalue weighted by Crippen LogP contribution is 2.26. The Bertz CT molecular complexity index is 1160. The van der Waals surface area contributed by atoms with Gasteiger partial charge in [0.1, 0.15) is 5.82 Å². The molecule has 4 rings (SSSR count). The molecule has 0 aliphatic heterocycles. The fraction of sp³-hybridized carbons (Fsp3) is 0.259. The van der Waals surface area contributed by atoms with Gasteiger partial charge in [-0.1, -0.05) is 35.9 Å². The zero-order valence-electron chi connectivity index (χ0n) is 18.7. The molecule has 3 N–H and O–H groups in total. The van der Waals surface area contributed by atoms with Crippen molar-refractivity contribution in [1.82, 2.24) is 4.90 Å². The number of nitrogens with one attached hydrogen (secondary N) is 1. The normalized spacial score (nSPS) is 17.7. The van der Waals surface area contributed by atoms with Gasteiger partial charge in [0.25, 0.3) is 11.8 Å². The molecule has 0 saturated heterocycles. The molecule has 3 aromatic carbocycles. The van der Waals surface area contributed by atoms with Gasteiger partial charge in [-0.2, -0.15) is 0 Å². The Morgan fingerprint density at radius 1 is 0.941 bits per heavy atom. The Hall–Kier alpha value is -3.22. The molecule has 34 heavy (non-hydrogen) atoms. The maximum absolute atomic E-state index is 13.8. The number of rotatable bonds is 6. The van der Waals surface area contributed by atoms with Crippen LogP contribution in [0.2, 0.25) is 5.02 Å². The maximum Gasteiger partial charge on any atom is 0.255 e. The van der Waals surface area contributed by atoms with Gasteiger partial charge in [-0.05, 0) is 79.8 Å². The minimum absolute atomic E-state index is 0.0396. The lowest BCUT2D eigenvalue weighted by atomic mass is 9.90. The van der Waals surface area contributed by atoms with Gasteiger partial charge in [-0.15, -0.1) is 0 Å². The van der Waals surface area contributed by atoms with E-state index in [2.05, 4.69) is 5.32 Å². The van der Waals surface area contributed by atoms with E-state index in [0.29, 0.717) is 28.4 Å². The molecule has 176 valence electrons. The van der Waals surface area contributed by atoms with Gasteiger partial charge in [0.15, 0.2) is 0 Å². The fourth-order valence-electron chi connectivity index (χ4n) is 4.29. The van der Waals surface area contributed by atoms with Gasteiger partial charge >= 0.3 is 0 Å². The average molecular weight is 480 g/mol. The zero-order chi connectivity index (χ0) is 24.1. The van der Waals surface area contributed by atoms with Gasteiger partial charge in [-0.25, -0.2) is 4.39 Å². The van der Waals surface area contributed by atoms with Gasteiger partial charge in [0, 0.05) is 40.5 Å². The lowest BCUT2D eigenvalue weighted by Crippen LogP contribution is -2.43. The minimum atomic E-state index is -0.434. The van der Waals surface area contributed by atoms with E-state index in [-0.39, 0.29) is 23.9 Å². The third-order valence-corrected chi connectivity index (χ3v) is 6.40. The van der Waals surface area contributed by atoms with Crippen LogP contribution in [-0.4, -0.2) is 28.8 Å². The topological polar surface area (TPSA) is 75.4 Å². The molecular weight excluding hydrogens is 453 g/mol. The second-order valence-electron chi connectivity index (χ2n) is 8.67. The SMILES string of the molecule is NC1CCC(N(Cc2ccc(NC(=O)c3cccc(Cl)c3)cc2)C(=O)c2cccc(F)c2)CC1. The molecule has 0 atom stereocenters. The number of nitrogens with zero attached hydrogens (tertiary/aromatic N) is 1. The Morgan fingerprint density at radius 2 is 1.62 bits per heavy atom. The summed E-state index contributed by atoms with van der Waals surface area (Å²) in [6.07, 6.45) is 3.34. The first-order chi connectivity index (χ1) is 16.4. The molecule has 3 aromatic rings. The van der Waals surface area contributed by atoms with Crippen molar-refractivity contribution in [2.24, 2.45) is 5.73 Å². The molecule has 2 amide bonds. The number of amides is 2. The van der Waals surface area contributed by atoms with E-state index in [1.165, 1.54) is 12.1 Å². The van der Waals surface area contributed by atoms with E-state index in [1.807, 2.05) is 17.0 Å². The molecule has 1 saturated carbocycles. The summed E-state index contributed by atoms with van der Waals surface area (Å²) >= 11 is 5.97. The third-order valence-electron chi connectivity index (χ3n) is 6.17. The number of halogens is 2. The predicted octanol–water partition coefficient (Wildman–Crippen LogP) is 5.64. The summed E-state index contributed by atoms with van der Waals surface area (Å²) in [7, 11) is 0. The van der Waals surface area contributed by atoms with Crippen LogP contribution < -0.4 is 11.1 Å². The number of benzene rings is 3. The molecule has 0 bridgehead atoms. The summed E-state index contributed by atoms with van der Waals surface area (Å²) in [6.45, 7) is 0.387. The Kier molecular flexibility index (Phi) is 7.60. The quantitative estimate of drug-likeness (QED) is 0.480. The third kappa shape index (κ3) is 6.01. The second-order valence-corrected chi connectivity index (χ2v) is 9.11. The van der Waals surface area contributed by atoms with Crippen LogP contribution >= 0.6 is 11.6 Å². The molecule has 1 aliphatic rings. The van der Waals surface area contributed by atoms with Crippen LogP contribution in [0.15, 0.2) is 72.8 Å². The van der Waals surface area contributed by atoms with Crippen LogP contribution in [0.5, 0.6) is 0 Å². The van der Waals surface area contributed by atoms with E-state index < -0.39 is 5.82 Å². The van der Waals surface area contributed by atoms with E-state index >= 15 is 0 Å². The average Bonchev–Trinajstić information content (AvgIpc) is 2.84. The highest BCUT2D eigenvalue weighted by molar-refractivity contribution is 6.31. The van der Waals surface area contributed by atoms with Crippen LogP contribution in [0.4, 0.5) is 10.1 Å². The molecule has 0 spiro atoms. The monoisotopic (exact) mass is 479 g/mol. The van der Waals surface area contributed by atoms with Gasteiger partial charge in [-0.3, -0.25) is 9.59 Å². The second kappa shape index (κ2) is 10.8. The Morgan fingerprint density at radius 3 is 2.29 bits per heavy atom. The summed E-state index contributed by atoms with van der Waals surface area (Å²) in [5.74, 6) is -0.883. The molecule has 0 aromatic heterocycles. The first-order valence-corrected chi connectivity index (χ1v) is 11.7. The van der Waals surface area contributed by atoms with Crippen molar-refractivity contribution in [2.45, 2.75) is 44.3 Å². The van der Waals surface area contributed by atoms with E-state index in [1.54, 1.807) is 48.5 Å². The minimum Gasteiger partial charge on any atom is -0.331 e. The first-order valence-electron chi connectivity index (χ1n) is 11.4. The summed E-state index contributed by atoms with van der Waals surface area (Å²) < 4.78 is 13.8. The lowest BCUT2D eigenvalue weighted by molar-refractivity contribution is 0.0606. The van der Waals surface area contributed by atoms with Gasteiger partial charge in [0.2, 0.25) is 0 Å².